The maximum Gasteiger partial charge on any atom is 0.407 e. The molecule has 0 fully saturated rings. The molecule has 0 aliphatic heterocycles. The Morgan fingerprint density at radius 1 is 1.24 bits per heavy atom. The molecular weight excluding hydrogens is 374 g/mol. The van der Waals surface area contributed by atoms with E-state index in [-0.39, 0.29) is 17.9 Å². The molecule has 2 unspecified atom stereocenters. The van der Waals surface area contributed by atoms with Crippen molar-refractivity contribution in [2.75, 3.05) is 12.4 Å². The molecule has 0 bridgehead atoms. The Bertz CT molecular complexity index is 827. The fourth-order valence-corrected chi connectivity index (χ4v) is 2.79. The quantitative estimate of drug-likeness (QED) is 0.717. The lowest BCUT2D eigenvalue weighted by Crippen LogP contribution is -2.39. The second kappa shape index (κ2) is 9.45. The number of rotatable bonds is 7. The predicted octanol–water partition coefficient (Wildman–Crippen LogP) is 4.23. The van der Waals surface area contributed by atoms with E-state index in [1.54, 1.807) is 52.3 Å². The monoisotopic (exact) mass is 403 g/mol. The fourth-order valence-electron chi connectivity index (χ4n) is 2.79. The fraction of sp³-hybridized carbons (Fsp3) is 0.476. The zero-order valence-corrected chi connectivity index (χ0v) is 17.7. The van der Waals surface area contributed by atoms with Crippen LogP contribution in [0.1, 0.15) is 41.0 Å². The summed E-state index contributed by atoms with van der Waals surface area (Å²) in [6.45, 7) is 9.05. The number of amides is 2. The van der Waals surface area contributed by atoms with Gasteiger partial charge in [-0.1, -0.05) is 6.92 Å². The number of hydrogen-bond acceptors (Lipinski definition) is 6. The Morgan fingerprint density at radius 3 is 2.55 bits per heavy atom. The first-order chi connectivity index (χ1) is 13.6. The first-order valence-electron chi connectivity index (χ1n) is 9.46. The van der Waals surface area contributed by atoms with Crippen LogP contribution in [0.5, 0.6) is 5.75 Å². The second-order valence-electron chi connectivity index (χ2n) is 7.95. The van der Waals surface area contributed by atoms with Gasteiger partial charge in [-0.05, 0) is 46.2 Å². The molecule has 158 valence electrons. The number of ether oxygens (including phenoxy) is 2. The van der Waals surface area contributed by atoms with Crippen molar-refractivity contribution < 1.29 is 23.5 Å². The van der Waals surface area contributed by atoms with Gasteiger partial charge in [-0.15, -0.1) is 0 Å². The van der Waals surface area contributed by atoms with Crippen molar-refractivity contribution >= 4 is 17.7 Å². The normalized spacial score (nSPS) is 13.3. The predicted molar refractivity (Wildman–Crippen MR) is 110 cm³/mol. The minimum absolute atomic E-state index is 0.155. The molecule has 0 saturated carbocycles. The van der Waals surface area contributed by atoms with Crippen LogP contribution in [0.2, 0.25) is 0 Å². The van der Waals surface area contributed by atoms with Crippen LogP contribution in [-0.4, -0.2) is 35.7 Å². The van der Waals surface area contributed by atoms with Crippen LogP contribution in [0.4, 0.5) is 10.5 Å². The molecule has 0 spiro atoms. The van der Waals surface area contributed by atoms with Crippen LogP contribution < -0.4 is 15.4 Å². The van der Waals surface area contributed by atoms with Crippen molar-refractivity contribution in [2.45, 2.75) is 52.7 Å². The Labute approximate surface area is 171 Å². The smallest absolute Gasteiger partial charge is 0.407 e. The van der Waals surface area contributed by atoms with E-state index in [0.717, 1.165) is 5.56 Å². The van der Waals surface area contributed by atoms with Gasteiger partial charge < -0.3 is 24.5 Å². The van der Waals surface area contributed by atoms with Crippen LogP contribution in [0.15, 0.2) is 35.2 Å². The molecule has 0 saturated heterocycles. The summed E-state index contributed by atoms with van der Waals surface area (Å²) in [7, 11) is 1.55. The van der Waals surface area contributed by atoms with Crippen LogP contribution in [-0.2, 0) is 9.53 Å². The molecule has 8 nitrogen and oxygen atoms in total. The molecular formula is C21H29N3O5. The number of methoxy groups -OCH3 is 1. The molecule has 1 aromatic heterocycles. The maximum absolute atomic E-state index is 12.6. The molecule has 0 aliphatic rings. The molecule has 0 aliphatic carbocycles. The summed E-state index contributed by atoms with van der Waals surface area (Å²) in [4.78, 5) is 28.3. The van der Waals surface area contributed by atoms with E-state index in [9.17, 15) is 9.59 Å². The summed E-state index contributed by atoms with van der Waals surface area (Å²) < 4.78 is 15.9. The Morgan fingerprint density at radius 2 is 1.97 bits per heavy atom. The lowest BCUT2D eigenvalue weighted by molar-refractivity contribution is -0.119. The average molecular weight is 403 g/mol. The zero-order valence-electron chi connectivity index (χ0n) is 17.7. The Hall–Kier alpha value is -3.03. The van der Waals surface area contributed by atoms with Crippen molar-refractivity contribution in [1.29, 1.82) is 0 Å². The van der Waals surface area contributed by atoms with E-state index in [1.807, 2.05) is 13.8 Å². The summed E-state index contributed by atoms with van der Waals surface area (Å²) in [6.07, 6.45) is 2.92. The number of carbonyl (C=O) groups is 2. The third-order valence-electron chi connectivity index (χ3n) is 4.08. The minimum atomic E-state index is -0.566. The summed E-state index contributed by atoms with van der Waals surface area (Å²) >= 11 is 0. The highest BCUT2D eigenvalue weighted by molar-refractivity contribution is 5.93. The van der Waals surface area contributed by atoms with Gasteiger partial charge in [0.25, 0.3) is 0 Å². The van der Waals surface area contributed by atoms with Crippen molar-refractivity contribution in [3.8, 4) is 17.1 Å². The maximum atomic E-state index is 12.6. The second-order valence-corrected chi connectivity index (χ2v) is 7.95. The van der Waals surface area contributed by atoms with Crippen molar-refractivity contribution in [3.63, 3.8) is 0 Å². The SMILES string of the molecule is COc1cc(NC(=O)C(C)CC(C)NC(=O)OC(C)(C)C)ccc1-c1cnco1. The first-order valence-corrected chi connectivity index (χ1v) is 9.46. The van der Waals surface area contributed by atoms with E-state index in [4.69, 9.17) is 13.9 Å². The molecule has 2 N–H and O–H groups in total. The van der Waals surface area contributed by atoms with E-state index < -0.39 is 11.7 Å². The molecule has 8 heteroatoms. The number of nitrogens with zero attached hydrogens (tertiary/aromatic N) is 1. The van der Waals surface area contributed by atoms with Gasteiger partial charge in [-0.2, -0.15) is 0 Å². The van der Waals surface area contributed by atoms with E-state index in [1.165, 1.54) is 6.39 Å². The third-order valence-corrected chi connectivity index (χ3v) is 4.08. The molecule has 29 heavy (non-hydrogen) atoms. The number of alkyl carbamates (subject to hydrolysis) is 1. The summed E-state index contributed by atoms with van der Waals surface area (Å²) in [5.41, 5.74) is 0.782. The van der Waals surface area contributed by atoms with Crippen LogP contribution >= 0.6 is 0 Å². The number of nitrogens with one attached hydrogen (secondary N) is 2. The lowest BCUT2D eigenvalue weighted by atomic mass is 10.0. The third kappa shape index (κ3) is 6.81. The standard InChI is InChI=1S/C21H29N3O5/c1-13(9-14(2)23-20(26)29-21(3,4)5)19(25)24-15-7-8-16(17(10-15)27-6)18-11-22-12-28-18/h7-8,10-14H,9H2,1-6H3,(H,23,26)(H,24,25). The lowest BCUT2D eigenvalue weighted by Gasteiger charge is -2.23. The zero-order chi connectivity index (χ0) is 21.6. The Balaban J connectivity index is 1.94. The summed E-state index contributed by atoms with van der Waals surface area (Å²) in [6, 6.07) is 5.08. The highest BCUT2D eigenvalue weighted by atomic mass is 16.6. The van der Waals surface area contributed by atoms with Crippen molar-refractivity contribution in [1.82, 2.24) is 10.3 Å². The van der Waals surface area contributed by atoms with Crippen molar-refractivity contribution in [2.24, 2.45) is 5.92 Å². The van der Waals surface area contributed by atoms with Gasteiger partial charge >= 0.3 is 6.09 Å². The minimum Gasteiger partial charge on any atom is -0.496 e. The number of benzene rings is 1. The molecule has 2 rings (SSSR count). The largest absolute Gasteiger partial charge is 0.496 e. The number of carbonyl (C=O) groups excluding carboxylic acids is 2. The summed E-state index contributed by atoms with van der Waals surface area (Å²) in [5.74, 6) is 0.666. The van der Waals surface area contributed by atoms with Crippen LogP contribution in [0.3, 0.4) is 0 Å². The topological polar surface area (TPSA) is 103 Å². The van der Waals surface area contributed by atoms with E-state index in [0.29, 0.717) is 23.6 Å². The Kier molecular flexibility index (Phi) is 7.25. The molecule has 2 aromatic rings. The average Bonchev–Trinajstić information content (AvgIpc) is 3.13. The number of oxazole rings is 1. The van der Waals surface area contributed by atoms with Gasteiger partial charge in [0, 0.05) is 23.7 Å². The molecule has 0 radical (unpaired) electrons. The van der Waals surface area contributed by atoms with Gasteiger partial charge in [0.1, 0.15) is 11.4 Å². The number of anilines is 1. The first kappa shape index (κ1) is 22.3. The van der Waals surface area contributed by atoms with Crippen LogP contribution in [0, 0.1) is 5.92 Å². The summed E-state index contributed by atoms with van der Waals surface area (Å²) in [5, 5.41) is 5.63. The number of aromatic nitrogens is 1. The molecule has 1 heterocycles. The highest BCUT2D eigenvalue weighted by Gasteiger charge is 2.21. The van der Waals surface area contributed by atoms with E-state index >= 15 is 0 Å². The molecule has 2 amide bonds. The van der Waals surface area contributed by atoms with E-state index in [2.05, 4.69) is 15.6 Å². The van der Waals surface area contributed by atoms with Gasteiger partial charge in [0.2, 0.25) is 5.91 Å². The highest BCUT2D eigenvalue weighted by Crippen LogP contribution is 2.32. The molecule has 2 atom stereocenters. The van der Waals surface area contributed by atoms with Gasteiger partial charge in [-0.25, -0.2) is 9.78 Å². The van der Waals surface area contributed by atoms with Crippen LogP contribution in [0.25, 0.3) is 11.3 Å². The van der Waals surface area contributed by atoms with Gasteiger partial charge in [0.05, 0.1) is 18.9 Å². The molecule has 1 aromatic carbocycles. The van der Waals surface area contributed by atoms with Crippen molar-refractivity contribution in [3.05, 3.63) is 30.8 Å². The van der Waals surface area contributed by atoms with Gasteiger partial charge in [0.15, 0.2) is 12.2 Å². The van der Waals surface area contributed by atoms with Gasteiger partial charge in [-0.3, -0.25) is 4.79 Å². The number of hydrogen-bond donors (Lipinski definition) is 2.